The van der Waals surface area contributed by atoms with Gasteiger partial charge in [0, 0.05) is 0 Å². The van der Waals surface area contributed by atoms with Gasteiger partial charge in [-0.2, -0.15) is 0 Å². The third-order valence-corrected chi connectivity index (χ3v) is 3.57. The standard InChI is InChI=1S/C20H14O7/c21-12-4-8-14(9-5-12)26-19(24)16-2-1-3-17(18(16)23)20(25)27-15-10-6-13(22)7-11-15/h1-11,21-23H. The molecule has 0 aliphatic carbocycles. The first-order valence-corrected chi connectivity index (χ1v) is 7.78. The van der Waals surface area contributed by atoms with Gasteiger partial charge in [-0.05, 0) is 60.7 Å². The van der Waals surface area contributed by atoms with E-state index in [9.17, 15) is 24.9 Å². The minimum atomic E-state index is -0.877. The highest BCUT2D eigenvalue weighted by molar-refractivity contribution is 6.01. The van der Waals surface area contributed by atoms with Crippen molar-refractivity contribution in [2.75, 3.05) is 0 Å². The number of aromatic hydroxyl groups is 3. The monoisotopic (exact) mass is 366 g/mol. The first-order chi connectivity index (χ1) is 12.9. The molecule has 0 aromatic heterocycles. The highest BCUT2D eigenvalue weighted by Crippen LogP contribution is 2.26. The number of esters is 2. The molecular weight excluding hydrogens is 352 g/mol. The van der Waals surface area contributed by atoms with Crippen molar-refractivity contribution < 1.29 is 34.4 Å². The van der Waals surface area contributed by atoms with Crippen LogP contribution in [0.1, 0.15) is 20.7 Å². The predicted octanol–water partition coefficient (Wildman–Crippen LogP) is 3.24. The van der Waals surface area contributed by atoms with Crippen LogP contribution >= 0.6 is 0 Å². The molecule has 0 heterocycles. The lowest BCUT2D eigenvalue weighted by Gasteiger charge is -2.10. The predicted molar refractivity (Wildman–Crippen MR) is 94.2 cm³/mol. The average molecular weight is 366 g/mol. The summed E-state index contributed by atoms with van der Waals surface area (Å²) < 4.78 is 10.2. The van der Waals surface area contributed by atoms with Crippen molar-refractivity contribution in [3.8, 4) is 28.7 Å². The lowest BCUT2D eigenvalue weighted by molar-refractivity contribution is 0.0728. The summed E-state index contributed by atoms with van der Waals surface area (Å²) in [7, 11) is 0. The highest BCUT2D eigenvalue weighted by Gasteiger charge is 2.21. The Morgan fingerprint density at radius 2 is 0.963 bits per heavy atom. The fraction of sp³-hybridized carbons (Fsp3) is 0. The smallest absolute Gasteiger partial charge is 0.347 e. The summed E-state index contributed by atoms with van der Waals surface area (Å²) >= 11 is 0. The first-order valence-electron chi connectivity index (χ1n) is 7.78. The summed E-state index contributed by atoms with van der Waals surface area (Å²) in [5, 5.41) is 28.8. The molecule has 7 heteroatoms. The number of carbonyl (C=O) groups is 2. The maximum atomic E-state index is 12.3. The summed E-state index contributed by atoms with van der Waals surface area (Å²) in [5.74, 6) is -1.99. The largest absolute Gasteiger partial charge is 0.508 e. The molecule has 0 radical (unpaired) electrons. The van der Waals surface area contributed by atoms with Crippen molar-refractivity contribution in [2.24, 2.45) is 0 Å². The number of phenols is 3. The summed E-state index contributed by atoms with van der Waals surface area (Å²) in [6.07, 6.45) is 0. The number of rotatable bonds is 4. The van der Waals surface area contributed by atoms with Crippen LogP contribution in [0.4, 0.5) is 0 Å². The van der Waals surface area contributed by atoms with Crippen LogP contribution in [0.5, 0.6) is 28.7 Å². The van der Waals surface area contributed by atoms with Crippen LogP contribution in [-0.4, -0.2) is 27.3 Å². The van der Waals surface area contributed by atoms with Gasteiger partial charge in [-0.1, -0.05) is 6.07 Å². The van der Waals surface area contributed by atoms with Crippen molar-refractivity contribution in [1.29, 1.82) is 0 Å². The summed E-state index contributed by atoms with van der Waals surface area (Å²) in [4.78, 5) is 24.5. The second-order valence-corrected chi connectivity index (χ2v) is 5.47. The topological polar surface area (TPSA) is 113 Å². The van der Waals surface area contributed by atoms with Crippen LogP contribution < -0.4 is 9.47 Å². The molecule has 0 aliphatic heterocycles. The van der Waals surface area contributed by atoms with Gasteiger partial charge in [0.2, 0.25) is 0 Å². The van der Waals surface area contributed by atoms with E-state index >= 15 is 0 Å². The Balaban J connectivity index is 1.80. The molecular formula is C20H14O7. The number of ether oxygens (including phenoxy) is 2. The van der Waals surface area contributed by atoms with E-state index in [-0.39, 0.29) is 34.1 Å². The molecule has 136 valence electrons. The molecule has 7 nitrogen and oxygen atoms in total. The Hall–Kier alpha value is -4.00. The zero-order valence-electron chi connectivity index (χ0n) is 13.8. The summed E-state index contributed by atoms with van der Waals surface area (Å²) in [6, 6.07) is 14.9. The lowest BCUT2D eigenvalue weighted by Crippen LogP contribution is -2.13. The second-order valence-electron chi connectivity index (χ2n) is 5.47. The summed E-state index contributed by atoms with van der Waals surface area (Å²) in [5.41, 5.74) is -0.438. The van der Waals surface area contributed by atoms with Crippen LogP contribution in [-0.2, 0) is 0 Å². The van der Waals surface area contributed by atoms with Gasteiger partial charge in [0.1, 0.15) is 39.9 Å². The summed E-state index contributed by atoms with van der Waals surface area (Å²) in [6.45, 7) is 0. The third kappa shape index (κ3) is 4.16. The number of carbonyl (C=O) groups excluding carboxylic acids is 2. The molecule has 0 spiro atoms. The van der Waals surface area contributed by atoms with Gasteiger partial charge in [-0.25, -0.2) is 9.59 Å². The van der Waals surface area contributed by atoms with Crippen molar-refractivity contribution in [1.82, 2.24) is 0 Å². The fourth-order valence-corrected chi connectivity index (χ4v) is 2.23. The van der Waals surface area contributed by atoms with Crippen LogP contribution in [0.15, 0.2) is 66.7 Å². The van der Waals surface area contributed by atoms with Gasteiger partial charge in [0.15, 0.2) is 0 Å². The lowest BCUT2D eigenvalue weighted by atomic mass is 10.1. The highest BCUT2D eigenvalue weighted by atomic mass is 16.5. The molecule has 27 heavy (non-hydrogen) atoms. The molecule has 0 bridgehead atoms. The van der Waals surface area contributed by atoms with E-state index in [1.165, 1.54) is 66.7 Å². The molecule has 0 amide bonds. The van der Waals surface area contributed by atoms with Gasteiger partial charge in [0.25, 0.3) is 0 Å². The van der Waals surface area contributed by atoms with E-state index in [1.54, 1.807) is 0 Å². The number of para-hydroxylation sites is 1. The fourth-order valence-electron chi connectivity index (χ4n) is 2.23. The molecule has 3 aromatic rings. The van der Waals surface area contributed by atoms with Crippen molar-refractivity contribution in [2.45, 2.75) is 0 Å². The Kier molecular flexibility index (Phi) is 4.94. The maximum absolute atomic E-state index is 12.3. The third-order valence-electron chi connectivity index (χ3n) is 3.57. The Morgan fingerprint density at radius 1 is 0.593 bits per heavy atom. The van der Waals surface area contributed by atoms with Gasteiger partial charge < -0.3 is 24.8 Å². The van der Waals surface area contributed by atoms with Gasteiger partial charge in [0.05, 0.1) is 0 Å². The molecule has 0 unspecified atom stereocenters. The average Bonchev–Trinajstić information content (AvgIpc) is 2.65. The molecule has 0 saturated carbocycles. The van der Waals surface area contributed by atoms with Crippen molar-refractivity contribution >= 4 is 11.9 Å². The van der Waals surface area contributed by atoms with Crippen molar-refractivity contribution in [3.05, 3.63) is 77.9 Å². The minimum absolute atomic E-state index is 0.0108. The van der Waals surface area contributed by atoms with E-state index in [0.717, 1.165) is 0 Å². The Bertz CT molecular complexity index is 898. The second kappa shape index (κ2) is 7.49. The molecule has 0 saturated heterocycles. The SMILES string of the molecule is O=C(Oc1ccc(O)cc1)c1cccc(C(=O)Oc2ccc(O)cc2)c1O. The molecule has 0 aliphatic rings. The molecule has 3 aromatic carbocycles. The number of benzene rings is 3. The van der Waals surface area contributed by atoms with E-state index in [4.69, 9.17) is 9.47 Å². The van der Waals surface area contributed by atoms with Crippen molar-refractivity contribution in [3.63, 3.8) is 0 Å². The molecule has 0 atom stereocenters. The maximum Gasteiger partial charge on any atom is 0.347 e. The quantitative estimate of drug-likeness (QED) is 0.480. The van der Waals surface area contributed by atoms with E-state index in [1.807, 2.05) is 0 Å². The normalized spacial score (nSPS) is 10.2. The molecule has 3 rings (SSSR count). The van der Waals surface area contributed by atoms with E-state index in [0.29, 0.717) is 0 Å². The van der Waals surface area contributed by atoms with Crippen LogP contribution in [0.25, 0.3) is 0 Å². The van der Waals surface area contributed by atoms with Gasteiger partial charge in [-0.15, -0.1) is 0 Å². The Morgan fingerprint density at radius 3 is 1.33 bits per heavy atom. The van der Waals surface area contributed by atoms with Crippen LogP contribution in [0.2, 0.25) is 0 Å². The number of hydrogen-bond acceptors (Lipinski definition) is 7. The zero-order chi connectivity index (χ0) is 19.4. The van der Waals surface area contributed by atoms with E-state index in [2.05, 4.69) is 0 Å². The zero-order valence-corrected chi connectivity index (χ0v) is 13.8. The van der Waals surface area contributed by atoms with E-state index < -0.39 is 17.7 Å². The van der Waals surface area contributed by atoms with Gasteiger partial charge in [-0.3, -0.25) is 0 Å². The van der Waals surface area contributed by atoms with Crippen LogP contribution in [0, 0.1) is 0 Å². The molecule has 0 fully saturated rings. The van der Waals surface area contributed by atoms with Crippen LogP contribution in [0.3, 0.4) is 0 Å². The Labute approximate surface area is 153 Å². The minimum Gasteiger partial charge on any atom is -0.508 e. The number of phenolic OH excluding ortho intramolecular Hbond substituents is 3. The van der Waals surface area contributed by atoms with Gasteiger partial charge >= 0.3 is 11.9 Å². The first kappa shape index (κ1) is 17.8. The number of hydrogen-bond donors (Lipinski definition) is 3. The molecule has 3 N–H and O–H groups in total.